The molecular formula is C19H22N6OS. The molecule has 140 valence electrons. The highest BCUT2D eigenvalue weighted by Gasteiger charge is 2.21. The number of aryl methyl sites for hydroxylation is 2. The zero-order valence-corrected chi connectivity index (χ0v) is 16.3. The fraction of sp³-hybridized carbons (Fsp3) is 0.421. The van der Waals surface area contributed by atoms with E-state index in [0.717, 1.165) is 53.2 Å². The van der Waals surface area contributed by atoms with Gasteiger partial charge in [0.1, 0.15) is 5.69 Å². The second-order valence-electron chi connectivity index (χ2n) is 6.69. The second kappa shape index (κ2) is 7.96. The van der Waals surface area contributed by atoms with Crippen LogP contribution in [0.2, 0.25) is 0 Å². The molecular weight excluding hydrogens is 360 g/mol. The molecule has 1 saturated heterocycles. The van der Waals surface area contributed by atoms with Gasteiger partial charge in [0.2, 0.25) is 11.8 Å². The van der Waals surface area contributed by atoms with Gasteiger partial charge in [-0.1, -0.05) is 0 Å². The molecule has 0 atom stereocenters. The summed E-state index contributed by atoms with van der Waals surface area (Å²) in [5.74, 6) is 1.90. The van der Waals surface area contributed by atoms with Crippen molar-refractivity contribution in [1.29, 1.82) is 0 Å². The molecule has 8 heteroatoms. The lowest BCUT2D eigenvalue weighted by Gasteiger charge is -2.31. The van der Waals surface area contributed by atoms with Crippen LogP contribution in [0.5, 0.6) is 5.88 Å². The Morgan fingerprint density at radius 2 is 1.89 bits per heavy atom. The average Bonchev–Trinajstić information content (AvgIpc) is 3.06. The Bertz CT molecular complexity index is 875. The molecule has 7 nitrogen and oxygen atoms in total. The maximum atomic E-state index is 5.88. The van der Waals surface area contributed by atoms with Gasteiger partial charge in [-0.15, -0.1) is 21.5 Å². The zero-order chi connectivity index (χ0) is 18.6. The van der Waals surface area contributed by atoms with Crippen LogP contribution in [0.4, 0.5) is 5.95 Å². The van der Waals surface area contributed by atoms with Crippen molar-refractivity contribution in [3.63, 3.8) is 0 Å². The minimum atomic E-state index is 0.512. The number of ether oxygens (including phenoxy) is 1. The molecule has 0 amide bonds. The number of thiazole rings is 1. The van der Waals surface area contributed by atoms with Gasteiger partial charge in [0.05, 0.1) is 22.2 Å². The molecule has 3 aromatic heterocycles. The van der Waals surface area contributed by atoms with Gasteiger partial charge in [0.15, 0.2) is 0 Å². The van der Waals surface area contributed by atoms with Crippen LogP contribution in [0.25, 0.3) is 10.6 Å². The molecule has 1 aliphatic rings. The molecule has 0 aromatic carbocycles. The second-order valence-corrected chi connectivity index (χ2v) is 7.90. The van der Waals surface area contributed by atoms with Gasteiger partial charge in [-0.25, -0.2) is 15.0 Å². The first-order chi connectivity index (χ1) is 13.2. The normalized spacial score (nSPS) is 15.1. The van der Waals surface area contributed by atoms with Crippen LogP contribution in [0.1, 0.15) is 23.5 Å². The SMILES string of the molecule is Cc1nc(C)c(-c2ccc(OCC3CCN(c4ncccn4)CC3)nn2)s1. The van der Waals surface area contributed by atoms with Gasteiger partial charge in [-0.2, -0.15) is 0 Å². The fourth-order valence-electron chi connectivity index (χ4n) is 3.24. The van der Waals surface area contributed by atoms with Crippen LogP contribution in [-0.4, -0.2) is 44.8 Å². The van der Waals surface area contributed by atoms with Crippen molar-refractivity contribution >= 4 is 17.3 Å². The maximum Gasteiger partial charge on any atom is 0.233 e. The summed E-state index contributed by atoms with van der Waals surface area (Å²) >= 11 is 1.64. The molecule has 0 bridgehead atoms. The van der Waals surface area contributed by atoms with E-state index >= 15 is 0 Å². The van der Waals surface area contributed by atoms with E-state index in [1.54, 1.807) is 23.7 Å². The number of aromatic nitrogens is 5. The summed E-state index contributed by atoms with van der Waals surface area (Å²) in [5, 5.41) is 9.58. The fourth-order valence-corrected chi connectivity index (χ4v) is 4.13. The number of hydrogen-bond donors (Lipinski definition) is 0. The zero-order valence-electron chi connectivity index (χ0n) is 15.5. The molecule has 0 N–H and O–H groups in total. The quantitative estimate of drug-likeness (QED) is 0.670. The van der Waals surface area contributed by atoms with Crippen molar-refractivity contribution in [2.75, 3.05) is 24.6 Å². The summed E-state index contributed by atoms with van der Waals surface area (Å²) in [6.07, 6.45) is 5.69. The monoisotopic (exact) mass is 382 g/mol. The van der Waals surface area contributed by atoms with E-state index in [4.69, 9.17) is 4.74 Å². The van der Waals surface area contributed by atoms with E-state index in [0.29, 0.717) is 18.4 Å². The predicted molar refractivity (Wildman–Crippen MR) is 105 cm³/mol. The first kappa shape index (κ1) is 17.8. The lowest BCUT2D eigenvalue weighted by atomic mass is 9.98. The minimum absolute atomic E-state index is 0.512. The van der Waals surface area contributed by atoms with Gasteiger partial charge >= 0.3 is 0 Å². The van der Waals surface area contributed by atoms with E-state index in [9.17, 15) is 0 Å². The van der Waals surface area contributed by atoms with Crippen LogP contribution in [0.3, 0.4) is 0 Å². The number of hydrogen-bond acceptors (Lipinski definition) is 8. The van der Waals surface area contributed by atoms with Crippen molar-refractivity contribution in [1.82, 2.24) is 25.1 Å². The molecule has 0 saturated carbocycles. The molecule has 3 aromatic rings. The summed E-state index contributed by atoms with van der Waals surface area (Å²) in [4.78, 5) is 16.4. The summed E-state index contributed by atoms with van der Waals surface area (Å²) in [6, 6.07) is 5.69. The lowest BCUT2D eigenvalue weighted by molar-refractivity contribution is 0.214. The Hall–Kier alpha value is -2.61. The Labute approximate surface area is 162 Å². The molecule has 4 heterocycles. The molecule has 0 unspecified atom stereocenters. The van der Waals surface area contributed by atoms with E-state index in [1.165, 1.54) is 0 Å². The number of anilines is 1. The minimum Gasteiger partial charge on any atom is -0.476 e. The van der Waals surface area contributed by atoms with Gasteiger partial charge in [-0.05, 0) is 44.7 Å². The predicted octanol–water partition coefficient (Wildman–Crippen LogP) is 3.30. The number of piperidine rings is 1. The molecule has 1 aliphatic heterocycles. The van der Waals surface area contributed by atoms with Crippen molar-refractivity contribution in [2.45, 2.75) is 26.7 Å². The topological polar surface area (TPSA) is 76.9 Å². The molecule has 0 spiro atoms. The summed E-state index contributed by atoms with van der Waals surface area (Å²) < 4.78 is 5.88. The van der Waals surface area contributed by atoms with Gasteiger partial charge in [0, 0.05) is 31.5 Å². The van der Waals surface area contributed by atoms with Crippen LogP contribution < -0.4 is 9.64 Å². The van der Waals surface area contributed by atoms with E-state index in [-0.39, 0.29) is 0 Å². The number of rotatable bonds is 5. The van der Waals surface area contributed by atoms with Crippen LogP contribution in [-0.2, 0) is 0 Å². The van der Waals surface area contributed by atoms with E-state index in [2.05, 4.69) is 30.0 Å². The Balaban J connectivity index is 1.29. The van der Waals surface area contributed by atoms with E-state index < -0.39 is 0 Å². The van der Waals surface area contributed by atoms with Crippen molar-refractivity contribution in [2.24, 2.45) is 5.92 Å². The maximum absolute atomic E-state index is 5.88. The molecule has 4 rings (SSSR count). The molecule has 0 radical (unpaired) electrons. The summed E-state index contributed by atoms with van der Waals surface area (Å²) in [7, 11) is 0. The smallest absolute Gasteiger partial charge is 0.233 e. The summed E-state index contributed by atoms with van der Waals surface area (Å²) in [5.41, 5.74) is 1.84. The molecule has 0 aliphatic carbocycles. The molecule has 27 heavy (non-hydrogen) atoms. The van der Waals surface area contributed by atoms with Crippen LogP contribution in [0.15, 0.2) is 30.6 Å². The van der Waals surface area contributed by atoms with Crippen molar-refractivity contribution < 1.29 is 4.74 Å². The highest BCUT2D eigenvalue weighted by Crippen LogP contribution is 2.28. The first-order valence-corrected chi connectivity index (χ1v) is 9.93. The Kier molecular flexibility index (Phi) is 5.24. The highest BCUT2D eigenvalue weighted by molar-refractivity contribution is 7.15. The Morgan fingerprint density at radius 3 is 2.52 bits per heavy atom. The standard InChI is InChI=1S/C19H22N6OS/c1-13-18(27-14(2)22-13)16-4-5-17(24-23-16)26-12-15-6-10-25(11-7-15)19-20-8-3-9-21-19/h3-5,8-9,15H,6-7,10-12H2,1-2H3. The van der Waals surface area contributed by atoms with E-state index in [1.807, 2.05) is 32.0 Å². The highest BCUT2D eigenvalue weighted by atomic mass is 32.1. The van der Waals surface area contributed by atoms with Gasteiger partial charge < -0.3 is 9.64 Å². The third-order valence-corrected chi connectivity index (χ3v) is 5.79. The third kappa shape index (κ3) is 4.21. The van der Waals surface area contributed by atoms with Crippen LogP contribution in [0, 0.1) is 19.8 Å². The lowest BCUT2D eigenvalue weighted by Crippen LogP contribution is -2.36. The third-order valence-electron chi connectivity index (χ3n) is 4.69. The number of nitrogens with zero attached hydrogens (tertiary/aromatic N) is 6. The molecule has 1 fully saturated rings. The average molecular weight is 382 g/mol. The van der Waals surface area contributed by atoms with Crippen molar-refractivity contribution in [3.05, 3.63) is 41.3 Å². The van der Waals surface area contributed by atoms with Gasteiger partial charge in [0.25, 0.3) is 0 Å². The largest absolute Gasteiger partial charge is 0.476 e. The summed E-state index contributed by atoms with van der Waals surface area (Å²) in [6.45, 7) is 6.56. The Morgan fingerprint density at radius 1 is 1.11 bits per heavy atom. The van der Waals surface area contributed by atoms with Crippen molar-refractivity contribution in [3.8, 4) is 16.5 Å². The first-order valence-electron chi connectivity index (χ1n) is 9.12. The van der Waals surface area contributed by atoms with Gasteiger partial charge in [-0.3, -0.25) is 0 Å². The van der Waals surface area contributed by atoms with Crippen LogP contribution >= 0.6 is 11.3 Å².